The molecule has 1 rings (SSSR count). The molecular weight excluding hydrogens is 270 g/mol. The number of carbonyl (C=O) groups is 2. The second kappa shape index (κ2) is 9.02. The molecule has 0 aromatic heterocycles. The first-order valence-corrected chi connectivity index (χ1v) is 7.95. The third-order valence-electron chi connectivity index (χ3n) is 2.04. The van der Waals surface area contributed by atoms with E-state index in [0.29, 0.717) is 23.4 Å². The summed E-state index contributed by atoms with van der Waals surface area (Å²) in [6.07, 6.45) is 0.747. The average molecular weight is 285 g/mol. The molecular formula is C12H15NO3S2. The van der Waals surface area contributed by atoms with Crippen molar-refractivity contribution in [2.75, 3.05) is 24.7 Å². The molecule has 1 aromatic rings. The van der Waals surface area contributed by atoms with Crippen molar-refractivity contribution in [3.05, 3.63) is 35.4 Å². The highest BCUT2D eigenvalue weighted by Gasteiger charge is 2.04. The van der Waals surface area contributed by atoms with Crippen molar-refractivity contribution in [2.45, 2.75) is 0 Å². The summed E-state index contributed by atoms with van der Waals surface area (Å²) in [6, 6.07) is 6.50. The number of nitrogens with one attached hydrogen (secondary N) is 1. The number of rotatable bonds is 8. The molecule has 98 valence electrons. The number of hydrogen-bond donors (Lipinski definition) is 2. The molecule has 0 unspecified atom stereocenters. The first-order chi connectivity index (χ1) is 8.77. The van der Waals surface area contributed by atoms with Crippen molar-refractivity contribution in [2.24, 2.45) is 0 Å². The van der Waals surface area contributed by atoms with Crippen LogP contribution < -0.4 is 5.32 Å². The van der Waals surface area contributed by atoms with Gasteiger partial charge < -0.3 is 10.4 Å². The van der Waals surface area contributed by atoms with Crippen molar-refractivity contribution >= 4 is 33.8 Å². The Morgan fingerprint density at radius 1 is 1.22 bits per heavy atom. The molecule has 2 N–H and O–H groups in total. The Hall–Kier alpha value is -0.980. The molecule has 0 saturated heterocycles. The fourth-order valence-electron chi connectivity index (χ4n) is 1.18. The zero-order valence-electron chi connectivity index (χ0n) is 9.80. The van der Waals surface area contributed by atoms with E-state index in [2.05, 4.69) is 5.32 Å². The number of aliphatic hydroxyl groups is 1. The van der Waals surface area contributed by atoms with Crippen molar-refractivity contribution in [1.82, 2.24) is 5.32 Å². The highest BCUT2D eigenvalue weighted by molar-refractivity contribution is 8.76. The first kappa shape index (κ1) is 15.1. The molecule has 0 atom stereocenters. The average Bonchev–Trinajstić information content (AvgIpc) is 2.42. The minimum atomic E-state index is -0.139. The van der Waals surface area contributed by atoms with Crippen LogP contribution in [0.1, 0.15) is 20.7 Å². The van der Waals surface area contributed by atoms with E-state index in [1.54, 1.807) is 45.9 Å². The lowest BCUT2D eigenvalue weighted by atomic mass is 10.1. The molecule has 1 aromatic carbocycles. The summed E-state index contributed by atoms with van der Waals surface area (Å²) >= 11 is 0. The molecule has 0 heterocycles. The lowest BCUT2D eigenvalue weighted by Crippen LogP contribution is -2.25. The van der Waals surface area contributed by atoms with Crippen LogP contribution in [-0.2, 0) is 0 Å². The van der Waals surface area contributed by atoms with E-state index in [4.69, 9.17) is 5.11 Å². The monoisotopic (exact) mass is 285 g/mol. The second-order valence-electron chi connectivity index (χ2n) is 3.36. The standard InChI is InChI=1S/C12H15NO3S2/c14-6-8-18-17-7-5-13-12(16)11-3-1-10(9-15)2-4-11/h1-4,9,14H,5-8H2,(H,13,16). The van der Waals surface area contributed by atoms with Gasteiger partial charge in [0.05, 0.1) is 6.61 Å². The molecule has 0 bridgehead atoms. The lowest BCUT2D eigenvalue weighted by molar-refractivity contribution is 0.0955. The van der Waals surface area contributed by atoms with Crippen molar-refractivity contribution < 1.29 is 14.7 Å². The summed E-state index contributed by atoms with van der Waals surface area (Å²) < 4.78 is 0. The van der Waals surface area contributed by atoms with Crippen molar-refractivity contribution in [3.63, 3.8) is 0 Å². The second-order valence-corrected chi connectivity index (χ2v) is 6.07. The highest BCUT2D eigenvalue weighted by atomic mass is 33.1. The van der Waals surface area contributed by atoms with Crippen LogP contribution in [0.2, 0.25) is 0 Å². The fourth-order valence-corrected chi connectivity index (χ4v) is 2.85. The van der Waals surface area contributed by atoms with E-state index in [-0.39, 0.29) is 12.5 Å². The Labute approximate surface area is 114 Å². The number of aliphatic hydroxyl groups excluding tert-OH is 1. The lowest BCUT2D eigenvalue weighted by Gasteiger charge is -2.04. The SMILES string of the molecule is O=Cc1ccc(C(=O)NCCSSCCO)cc1. The first-order valence-electron chi connectivity index (χ1n) is 5.46. The molecule has 0 aliphatic heterocycles. The van der Waals surface area contributed by atoms with Gasteiger partial charge in [-0.1, -0.05) is 33.7 Å². The Morgan fingerprint density at radius 2 is 1.89 bits per heavy atom. The third kappa shape index (κ3) is 5.57. The van der Waals surface area contributed by atoms with Gasteiger partial charge in [0.25, 0.3) is 5.91 Å². The van der Waals surface area contributed by atoms with Crippen LogP contribution >= 0.6 is 21.6 Å². The van der Waals surface area contributed by atoms with Crippen LogP contribution in [0.25, 0.3) is 0 Å². The van der Waals surface area contributed by atoms with Crippen LogP contribution in [-0.4, -0.2) is 42.0 Å². The molecule has 0 aliphatic carbocycles. The predicted molar refractivity (Wildman–Crippen MR) is 76.2 cm³/mol. The molecule has 6 heteroatoms. The maximum Gasteiger partial charge on any atom is 0.251 e. The topological polar surface area (TPSA) is 66.4 Å². The highest BCUT2D eigenvalue weighted by Crippen LogP contribution is 2.19. The molecule has 4 nitrogen and oxygen atoms in total. The Bertz CT molecular complexity index is 381. The summed E-state index contributed by atoms with van der Waals surface area (Å²) in [5, 5.41) is 11.4. The molecule has 1 amide bonds. The van der Waals surface area contributed by atoms with Crippen LogP contribution in [0.3, 0.4) is 0 Å². The number of benzene rings is 1. The molecule has 18 heavy (non-hydrogen) atoms. The van der Waals surface area contributed by atoms with Gasteiger partial charge in [0.2, 0.25) is 0 Å². The zero-order valence-corrected chi connectivity index (χ0v) is 11.4. The van der Waals surface area contributed by atoms with E-state index in [1.165, 1.54) is 0 Å². The number of amides is 1. The van der Waals surface area contributed by atoms with Crippen LogP contribution in [0.4, 0.5) is 0 Å². The van der Waals surface area contributed by atoms with Crippen molar-refractivity contribution in [3.8, 4) is 0 Å². The van der Waals surface area contributed by atoms with E-state index in [1.807, 2.05) is 0 Å². The molecule has 0 aliphatic rings. The van der Waals surface area contributed by atoms with Crippen molar-refractivity contribution in [1.29, 1.82) is 0 Å². The minimum absolute atomic E-state index is 0.139. The van der Waals surface area contributed by atoms with Crippen LogP contribution in [0.5, 0.6) is 0 Å². The Morgan fingerprint density at radius 3 is 2.50 bits per heavy atom. The summed E-state index contributed by atoms with van der Waals surface area (Å²) in [6.45, 7) is 0.754. The normalized spacial score (nSPS) is 10.1. The molecule has 0 spiro atoms. The van der Waals surface area contributed by atoms with Crippen LogP contribution in [0, 0.1) is 0 Å². The minimum Gasteiger partial charge on any atom is -0.395 e. The number of carbonyl (C=O) groups excluding carboxylic acids is 2. The quantitative estimate of drug-likeness (QED) is 0.431. The maximum atomic E-state index is 11.7. The van der Waals surface area contributed by atoms with Crippen LogP contribution in [0.15, 0.2) is 24.3 Å². The third-order valence-corrected chi connectivity index (χ3v) is 4.42. The number of aldehydes is 1. The zero-order chi connectivity index (χ0) is 13.2. The largest absolute Gasteiger partial charge is 0.395 e. The van der Waals surface area contributed by atoms with E-state index >= 15 is 0 Å². The van der Waals surface area contributed by atoms with E-state index < -0.39 is 0 Å². The smallest absolute Gasteiger partial charge is 0.251 e. The van der Waals surface area contributed by atoms with E-state index in [0.717, 1.165) is 12.0 Å². The van der Waals surface area contributed by atoms with Gasteiger partial charge >= 0.3 is 0 Å². The molecule has 0 saturated carbocycles. The van der Waals surface area contributed by atoms with Gasteiger partial charge in [-0.2, -0.15) is 0 Å². The molecule has 0 radical (unpaired) electrons. The van der Waals surface area contributed by atoms with Gasteiger partial charge in [-0.3, -0.25) is 9.59 Å². The summed E-state index contributed by atoms with van der Waals surface area (Å²) in [5.74, 6) is 1.36. The van der Waals surface area contributed by atoms with Gasteiger partial charge in [0.15, 0.2) is 0 Å². The predicted octanol–water partition coefficient (Wildman–Crippen LogP) is 1.60. The fraction of sp³-hybridized carbons (Fsp3) is 0.333. The van der Waals surface area contributed by atoms with Gasteiger partial charge in [-0.05, 0) is 12.1 Å². The molecule has 0 fully saturated rings. The van der Waals surface area contributed by atoms with Gasteiger partial charge in [0, 0.05) is 29.2 Å². The van der Waals surface area contributed by atoms with E-state index in [9.17, 15) is 9.59 Å². The maximum absolute atomic E-state index is 11.7. The summed E-state index contributed by atoms with van der Waals surface area (Å²) in [5.41, 5.74) is 1.11. The Kier molecular flexibility index (Phi) is 7.55. The summed E-state index contributed by atoms with van der Waals surface area (Å²) in [7, 11) is 3.20. The van der Waals surface area contributed by atoms with Gasteiger partial charge in [-0.25, -0.2) is 0 Å². The summed E-state index contributed by atoms with van der Waals surface area (Å²) in [4.78, 5) is 22.1. The van der Waals surface area contributed by atoms with Gasteiger partial charge in [0.1, 0.15) is 6.29 Å². The van der Waals surface area contributed by atoms with Gasteiger partial charge in [-0.15, -0.1) is 0 Å². The Balaban J connectivity index is 2.25. The number of hydrogen-bond acceptors (Lipinski definition) is 5.